The Kier molecular flexibility index (Phi) is 10.1. The van der Waals surface area contributed by atoms with Gasteiger partial charge in [-0.3, -0.25) is 14.3 Å². The van der Waals surface area contributed by atoms with Crippen LogP contribution in [-0.4, -0.2) is 81.9 Å². The van der Waals surface area contributed by atoms with Crippen molar-refractivity contribution in [3.05, 3.63) is 113 Å². The molecule has 2 saturated heterocycles. The molecule has 2 amide bonds. The number of aromatic nitrogens is 2. The summed E-state index contributed by atoms with van der Waals surface area (Å²) in [7, 11) is 0. The molecule has 3 heterocycles. The molecule has 1 aromatic heterocycles. The van der Waals surface area contributed by atoms with Crippen LogP contribution < -0.4 is 0 Å². The first kappa shape index (κ1) is 39.1. The molecular formula is C42H43F5N4O5. The Balaban J connectivity index is 1.11. The van der Waals surface area contributed by atoms with Gasteiger partial charge in [0.05, 0.1) is 37.1 Å². The van der Waals surface area contributed by atoms with Crippen LogP contribution in [0.1, 0.15) is 71.0 Å². The Morgan fingerprint density at radius 1 is 0.893 bits per heavy atom. The summed E-state index contributed by atoms with van der Waals surface area (Å²) in [6, 6.07) is 15.5. The lowest BCUT2D eigenvalue weighted by Crippen LogP contribution is -2.65. The molecule has 0 bridgehead atoms. The van der Waals surface area contributed by atoms with Gasteiger partial charge in [-0.1, -0.05) is 36.4 Å². The Morgan fingerprint density at radius 2 is 1.57 bits per heavy atom. The minimum atomic E-state index is -4.64. The number of hydrogen-bond acceptors (Lipinski definition) is 6. The third-order valence-electron chi connectivity index (χ3n) is 11.0. The molecule has 296 valence electrons. The van der Waals surface area contributed by atoms with E-state index >= 15 is 0 Å². The average molecular weight is 779 g/mol. The molecule has 3 aromatic carbocycles. The smallest absolute Gasteiger partial charge is 0.403 e. The molecule has 3 aliphatic rings. The van der Waals surface area contributed by atoms with Crippen molar-refractivity contribution >= 4 is 17.8 Å². The number of alkyl halides is 3. The highest BCUT2D eigenvalue weighted by Crippen LogP contribution is 2.60. The van der Waals surface area contributed by atoms with Crippen molar-refractivity contribution < 1.29 is 45.8 Å². The van der Waals surface area contributed by atoms with E-state index in [1.807, 2.05) is 0 Å². The van der Waals surface area contributed by atoms with Gasteiger partial charge in [-0.25, -0.2) is 13.6 Å². The number of carbonyl (C=O) groups excluding carboxylic acids is 3. The first-order chi connectivity index (χ1) is 26.4. The van der Waals surface area contributed by atoms with Gasteiger partial charge in [0.2, 0.25) is 5.91 Å². The van der Waals surface area contributed by atoms with Crippen LogP contribution in [-0.2, 0) is 27.4 Å². The number of likely N-dealkylation sites (tertiary alicyclic amines) is 2. The molecule has 14 heteroatoms. The summed E-state index contributed by atoms with van der Waals surface area (Å²) < 4.78 is 82.9. The van der Waals surface area contributed by atoms with Crippen LogP contribution >= 0.6 is 0 Å². The highest BCUT2D eigenvalue weighted by molar-refractivity contribution is 5.99. The maximum Gasteiger partial charge on any atom is 0.403 e. The van der Waals surface area contributed by atoms with E-state index in [-0.39, 0.29) is 75.4 Å². The molecule has 7 rings (SSSR count). The number of nitrogens with zero attached hydrogens (tertiary/aromatic N) is 4. The average Bonchev–Trinajstić information content (AvgIpc) is 3.67. The number of aryl methyl sites for hydroxylation is 1. The second-order valence-corrected chi connectivity index (χ2v) is 16.4. The lowest BCUT2D eigenvalue weighted by atomic mass is 9.71. The van der Waals surface area contributed by atoms with Crippen molar-refractivity contribution in [2.45, 2.75) is 65.5 Å². The summed E-state index contributed by atoms with van der Waals surface area (Å²) in [6.07, 6.45) is -2.10. The van der Waals surface area contributed by atoms with Crippen LogP contribution in [0, 0.1) is 35.3 Å². The van der Waals surface area contributed by atoms with Crippen molar-refractivity contribution in [3.63, 3.8) is 0 Å². The minimum Gasteiger partial charge on any atom is -0.456 e. The van der Waals surface area contributed by atoms with Crippen LogP contribution in [0.15, 0.2) is 73.1 Å². The summed E-state index contributed by atoms with van der Waals surface area (Å²) in [6.45, 7) is 7.81. The van der Waals surface area contributed by atoms with Crippen molar-refractivity contribution in [1.82, 2.24) is 19.6 Å². The summed E-state index contributed by atoms with van der Waals surface area (Å²) in [5, 5.41) is 4.31. The Morgan fingerprint density at radius 3 is 2.21 bits per heavy atom. The largest absolute Gasteiger partial charge is 0.456 e. The molecule has 0 radical (unpaired) electrons. The van der Waals surface area contributed by atoms with E-state index in [0.717, 1.165) is 5.56 Å². The third-order valence-corrected chi connectivity index (χ3v) is 11.0. The van der Waals surface area contributed by atoms with E-state index in [2.05, 4.69) is 5.10 Å². The molecule has 9 nitrogen and oxygen atoms in total. The van der Waals surface area contributed by atoms with Gasteiger partial charge in [0.25, 0.3) is 5.91 Å². The van der Waals surface area contributed by atoms with E-state index in [9.17, 15) is 36.3 Å². The number of benzene rings is 3. The van der Waals surface area contributed by atoms with Crippen molar-refractivity contribution in [2.75, 3.05) is 32.8 Å². The Hall–Kier alpha value is -5.11. The van der Waals surface area contributed by atoms with E-state index in [1.54, 1.807) is 79.9 Å². The summed E-state index contributed by atoms with van der Waals surface area (Å²) in [4.78, 5) is 43.7. The van der Waals surface area contributed by atoms with Gasteiger partial charge in [0.15, 0.2) is 0 Å². The summed E-state index contributed by atoms with van der Waals surface area (Å²) in [5.41, 5.74) is -0.222. The molecule has 1 saturated carbocycles. The van der Waals surface area contributed by atoms with Crippen molar-refractivity contribution in [3.8, 4) is 11.1 Å². The maximum absolute atomic E-state index is 14.1. The lowest BCUT2D eigenvalue weighted by Gasteiger charge is -2.51. The fourth-order valence-electron chi connectivity index (χ4n) is 7.95. The summed E-state index contributed by atoms with van der Waals surface area (Å²) in [5.74, 6) is -2.99. The van der Waals surface area contributed by atoms with Gasteiger partial charge < -0.3 is 19.3 Å². The van der Waals surface area contributed by atoms with Crippen LogP contribution in [0.5, 0.6) is 0 Å². The Bertz CT molecular complexity index is 2150. The van der Waals surface area contributed by atoms with Crippen LogP contribution in [0.2, 0.25) is 0 Å². The molecule has 56 heavy (non-hydrogen) atoms. The molecule has 1 atom stereocenters. The van der Waals surface area contributed by atoms with E-state index in [1.165, 1.54) is 35.4 Å². The topological polar surface area (TPSA) is 94.0 Å². The zero-order valence-electron chi connectivity index (χ0n) is 31.6. The predicted octanol–water partition coefficient (Wildman–Crippen LogP) is 7.60. The van der Waals surface area contributed by atoms with Crippen LogP contribution in [0.3, 0.4) is 0 Å². The molecule has 1 aliphatic carbocycles. The quantitative estimate of drug-likeness (QED) is 0.122. The number of esters is 1. The van der Waals surface area contributed by atoms with Gasteiger partial charge in [-0.2, -0.15) is 18.3 Å². The second kappa shape index (κ2) is 14.4. The fraction of sp³-hybridized carbons (Fsp3) is 0.429. The number of rotatable bonds is 10. The second-order valence-electron chi connectivity index (χ2n) is 16.4. The zero-order valence-corrected chi connectivity index (χ0v) is 31.6. The van der Waals surface area contributed by atoms with Crippen molar-refractivity contribution in [1.29, 1.82) is 0 Å². The summed E-state index contributed by atoms with van der Waals surface area (Å²) >= 11 is 0. The van der Waals surface area contributed by atoms with Gasteiger partial charge in [0, 0.05) is 43.7 Å². The molecule has 3 fully saturated rings. The number of ether oxygens (including phenoxy) is 2. The van der Waals surface area contributed by atoms with E-state index in [0.29, 0.717) is 34.4 Å². The van der Waals surface area contributed by atoms with Crippen LogP contribution in [0.25, 0.3) is 11.1 Å². The third kappa shape index (κ3) is 7.67. The number of hydrogen-bond donors (Lipinski definition) is 0. The monoisotopic (exact) mass is 778 g/mol. The van der Waals surface area contributed by atoms with Crippen molar-refractivity contribution in [2.24, 2.45) is 16.7 Å². The first-order valence-electron chi connectivity index (χ1n) is 18.5. The van der Waals surface area contributed by atoms with Gasteiger partial charge in [-0.05, 0) is 92.6 Å². The maximum atomic E-state index is 14.1. The van der Waals surface area contributed by atoms with Crippen LogP contribution in [0.4, 0.5) is 22.0 Å². The van der Waals surface area contributed by atoms with Gasteiger partial charge in [0.1, 0.15) is 22.7 Å². The SMILES string of the molecule is Cc1cc(F)ccc1-c1cccc(COCC2CN(C(=O)c3cnn(Cc4ccc(F)cc4)c3)CC23CN(C(=O)C2(C(F)(F)F)CC2)C3)c1C(=O)OC(C)(C)C. The first-order valence-corrected chi connectivity index (χ1v) is 18.5. The lowest BCUT2D eigenvalue weighted by molar-refractivity contribution is -0.205. The molecule has 1 unspecified atom stereocenters. The molecule has 1 spiro atoms. The standard InChI is InChI=1S/C42H43F5N4O5/c1-26-16-32(44)12-13-33(26)34-7-5-6-28(35(34)37(53)56-39(2,3)4)21-55-22-30-20-49(23-40(30)24-50(25-40)38(54)41(14-15-41)42(45,46)47)36(52)29-17-48-51(19-29)18-27-8-10-31(43)11-9-27/h5-13,16-17,19,30H,14-15,18,20-25H2,1-4H3. The van der Waals surface area contributed by atoms with E-state index in [4.69, 9.17) is 9.47 Å². The fourth-order valence-corrected chi connectivity index (χ4v) is 7.95. The number of carbonyl (C=O) groups is 3. The molecule has 0 N–H and O–H groups in total. The number of amides is 2. The van der Waals surface area contributed by atoms with Gasteiger partial charge in [-0.15, -0.1) is 0 Å². The normalized spacial score (nSPS) is 18.6. The van der Waals surface area contributed by atoms with E-state index < -0.39 is 40.3 Å². The molecular weight excluding hydrogens is 735 g/mol. The highest BCUT2D eigenvalue weighted by Gasteiger charge is 2.71. The molecule has 4 aromatic rings. The number of halogens is 5. The predicted molar refractivity (Wildman–Crippen MR) is 195 cm³/mol. The Labute approximate surface area is 321 Å². The van der Waals surface area contributed by atoms with Gasteiger partial charge >= 0.3 is 12.1 Å². The minimum absolute atomic E-state index is 0.0355. The zero-order chi connectivity index (χ0) is 40.2. The molecule has 2 aliphatic heterocycles. The highest BCUT2D eigenvalue weighted by atomic mass is 19.4.